The summed E-state index contributed by atoms with van der Waals surface area (Å²) in [5.74, 6) is 0.828. The van der Waals surface area contributed by atoms with Gasteiger partial charge in [-0.25, -0.2) is 9.97 Å². The molecule has 0 fully saturated rings. The van der Waals surface area contributed by atoms with E-state index in [9.17, 15) is 0 Å². The van der Waals surface area contributed by atoms with Crippen LogP contribution in [0.2, 0.25) is 5.02 Å². The summed E-state index contributed by atoms with van der Waals surface area (Å²) in [7, 11) is 0. The van der Waals surface area contributed by atoms with Crippen LogP contribution in [-0.4, -0.2) is 9.97 Å². The molecule has 0 N–H and O–H groups in total. The van der Waals surface area contributed by atoms with Crippen molar-refractivity contribution >= 4 is 39.3 Å². The van der Waals surface area contributed by atoms with Gasteiger partial charge in [0.05, 0.1) is 5.02 Å². The van der Waals surface area contributed by atoms with Gasteiger partial charge in [-0.1, -0.05) is 42.4 Å². The normalized spacial score (nSPS) is 10.5. The topological polar surface area (TPSA) is 25.8 Å². The third-order valence-electron chi connectivity index (χ3n) is 2.09. The molecule has 0 saturated heterocycles. The van der Waals surface area contributed by atoms with Crippen molar-refractivity contribution in [3.63, 3.8) is 0 Å². The summed E-state index contributed by atoms with van der Waals surface area (Å²) in [5.41, 5.74) is 0. The van der Waals surface area contributed by atoms with Crippen LogP contribution >= 0.6 is 39.3 Å². The van der Waals surface area contributed by atoms with Gasteiger partial charge >= 0.3 is 0 Å². The molecular formula is C12H10BrClN2S. The molecule has 0 amide bonds. The van der Waals surface area contributed by atoms with Crippen molar-refractivity contribution in [1.82, 2.24) is 9.97 Å². The van der Waals surface area contributed by atoms with Gasteiger partial charge in [0.15, 0.2) is 0 Å². The number of hydrogen-bond acceptors (Lipinski definition) is 3. The van der Waals surface area contributed by atoms with Crippen LogP contribution in [-0.2, 0) is 6.42 Å². The molecular weight excluding hydrogens is 320 g/mol. The molecule has 0 aliphatic rings. The Kier molecular flexibility index (Phi) is 4.42. The van der Waals surface area contributed by atoms with Gasteiger partial charge < -0.3 is 0 Å². The molecule has 1 heterocycles. The highest BCUT2D eigenvalue weighted by molar-refractivity contribution is 9.10. The van der Waals surface area contributed by atoms with Crippen molar-refractivity contribution in [2.75, 3.05) is 0 Å². The van der Waals surface area contributed by atoms with E-state index >= 15 is 0 Å². The van der Waals surface area contributed by atoms with Crippen molar-refractivity contribution in [2.24, 2.45) is 0 Å². The van der Waals surface area contributed by atoms with Crippen LogP contribution in [0, 0.1) is 0 Å². The maximum absolute atomic E-state index is 6.11. The first-order valence-corrected chi connectivity index (χ1v) is 7.13. The average Bonchev–Trinajstić information content (AvgIpc) is 2.31. The molecule has 0 spiro atoms. The van der Waals surface area contributed by atoms with Gasteiger partial charge in [0.2, 0.25) is 0 Å². The molecule has 1 aromatic heterocycles. The van der Waals surface area contributed by atoms with E-state index in [4.69, 9.17) is 11.6 Å². The molecule has 0 aliphatic carbocycles. The van der Waals surface area contributed by atoms with Crippen LogP contribution in [0.4, 0.5) is 0 Å². The molecule has 2 aromatic rings. The summed E-state index contributed by atoms with van der Waals surface area (Å²) >= 11 is 11.0. The smallest absolute Gasteiger partial charge is 0.130 e. The largest absolute Gasteiger partial charge is 0.226 e. The quantitative estimate of drug-likeness (QED) is 0.769. The lowest BCUT2D eigenvalue weighted by molar-refractivity contribution is 0.877. The predicted molar refractivity (Wildman–Crippen MR) is 74.7 cm³/mol. The number of nitrogens with zero attached hydrogens (tertiary/aromatic N) is 2. The third-order valence-corrected chi connectivity index (χ3v) is 3.93. The van der Waals surface area contributed by atoms with E-state index in [1.54, 1.807) is 11.8 Å². The van der Waals surface area contributed by atoms with Crippen LogP contribution in [0.5, 0.6) is 0 Å². The van der Waals surface area contributed by atoms with Gasteiger partial charge in [-0.2, -0.15) is 0 Å². The van der Waals surface area contributed by atoms with Crippen molar-refractivity contribution in [3.8, 4) is 0 Å². The van der Waals surface area contributed by atoms with Crippen molar-refractivity contribution in [1.29, 1.82) is 0 Å². The van der Waals surface area contributed by atoms with Crippen molar-refractivity contribution < 1.29 is 0 Å². The molecule has 0 atom stereocenters. The fraction of sp³-hybridized carbons (Fsp3) is 0.167. The van der Waals surface area contributed by atoms with Crippen LogP contribution in [0.1, 0.15) is 12.7 Å². The fourth-order valence-corrected chi connectivity index (χ4v) is 2.98. The highest BCUT2D eigenvalue weighted by Gasteiger charge is 2.06. The summed E-state index contributed by atoms with van der Waals surface area (Å²) in [6, 6.07) is 9.63. The third kappa shape index (κ3) is 3.44. The Morgan fingerprint density at radius 2 is 2.06 bits per heavy atom. The van der Waals surface area contributed by atoms with Crippen molar-refractivity contribution in [3.05, 3.63) is 45.8 Å². The van der Waals surface area contributed by atoms with E-state index in [-0.39, 0.29) is 0 Å². The Labute approximate surface area is 118 Å². The summed E-state index contributed by atoms with van der Waals surface area (Å²) in [6.45, 7) is 2.03. The Morgan fingerprint density at radius 1 is 1.29 bits per heavy atom. The lowest BCUT2D eigenvalue weighted by atomic mass is 10.4. The zero-order valence-corrected chi connectivity index (χ0v) is 12.3. The summed E-state index contributed by atoms with van der Waals surface area (Å²) in [6.07, 6.45) is 0.815. The number of aromatic nitrogens is 2. The molecule has 5 heteroatoms. The maximum atomic E-state index is 6.11. The van der Waals surface area contributed by atoms with E-state index in [2.05, 4.69) is 25.9 Å². The Hall–Kier alpha value is -0.580. The van der Waals surface area contributed by atoms with Gasteiger partial charge in [0.1, 0.15) is 15.5 Å². The predicted octanol–water partition coefficient (Wildman–Crippen LogP) is 4.61. The van der Waals surface area contributed by atoms with Crippen molar-refractivity contribution in [2.45, 2.75) is 23.3 Å². The molecule has 0 aliphatic heterocycles. The number of hydrogen-bond donors (Lipinski definition) is 0. The average molecular weight is 330 g/mol. The molecule has 1 aromatic carbocycles. The number of aryl methyl sites for hydroxylation is 1. The molecule has 2 nitrogen and oxygen atoms in total. The highest BCUT2D eigenvalue weighted by atomic mass is 79.9. The van der Waals surface area contributed by atoms with Crippen LogP contribution in [0.3, 0.4) is 0 Å². The highest BCUT2D eigenvalue weighted by Crippen LogP contribution is 2.32. The number of halogens is 2. The summed E-state index contributed by atoms with van der Waals surface area (Å²) < 4.78 is 0.805. The minimum Gasteiger partial charge on any atom is -0.226 e. The SMILES string of the molecule is CCc1nc(Br)cc(Sc2ccccc2Cl)n1. The van der Waals surface area contributed by atoms with E-state index in [0.29, 0.717) is 0 Å². The first-order valence-electron chi connectivity index (χ1n) is 5.15. The summed E-state index contributed by atoms with van der Waals surface area (Å²) in [5, 5.41) is 1.64. The minimum absolute atomic E-state index is 0.741. The van der Waals surface area contributed by atoms with Gasteiger partial charge in [-0.3, -0.25) is 0 Å². The zero-order chi connectivity index (χ0) is 12.3. The summed E-state index contributed by atoms with van der Waals surface area (Å²) in [4.78, 5) is 9.73. The molecule has 88 valence electrons. The van der Waals surface area contributed by atoms with E-state index < -0.39 is 0 Å². The Bertz CT molecular complexity index is 534. The molecule has 17 heavy (non-hydrogen) atoms. The van der Waals surface area contributed by atoms with Gasteiger partial charge in [-0.05, 0) is 28.1 Å². The van der Waals surface area contributed by atoms with Gasteiger partial charge in [0.25, 0.3) is 0 Å². The second-order valence-corrected chi connectivity index (χ2v) is 5.61. The van der Waals surface area contributed by atoms with Gasteiger partial charge in [-0.15, -0.1) is 0 Å². The fourth-order valence-electron chi connectivity index (χ4n) is 1.29. The van der Waals surface area contributed by atoms with Crippen LogP contribution in [0.15, 0.2) is 44.9 Å². The number of rotatable bonds is 3. The second kappa shape index (κ2) is 5.85. The number of benzene rings is 1. The molecule has 0 radical (unpaired) electrons. The molecule has 2 rings (SSSR count). The Morgan fingerprint density at radius 3 is 2.76 bits per heavy atom. The molecule has 0 bridgehead atoms. The monoisotopic (exact) mass is 328 g/mol. The first-order chi connectivity index (χ1) is 8.19. The first kappa shape index (κ1) is 12.9. The minimum atomic E-state index is 0.741. The van der Waals surface area contributed by atoms with Gasteiger partial charge in [0, 0.05) is 17.4 Å². The lowest BCUT2D eigenvalue weighted by Crippen LogP contribution is -1.94. The zero-order valence-electron chi connectivity index (χ0n) is 9.15. The molecule has 0 saturated carbocycles. The van der Waals surface area contributed by atoms with E-state index in [0.717, 1.165) is 31.8 Å². The standard InChI is InChI=1S/C12H10BrClN2S/c1-2-11-15-10(13)7-12(16-11)17-9-6-4-3-5-8(9)14/h3-7H,2H2,1H3. The van der Waals surface area contributed by atoms with Crippen LogP contribution in [0.25, 0.3) is 0 Å². The van der Waals surface area contributed by atoms with E-state index in [1.165, 1.54) is 0 Å². The lowest BCUT2D eigenvalue weighted by Gasteiger charge is -2.05. The molecule has 0 unspecified atom stereocenters. The van der Waals surface area contributed by atoms with E-state index in [1.807, 2.05) is 37.3 Å². The second-order valence-electron chi connectivity index (χ2n) is 3.33. The van der Waals surface area contributed by atoms with Crippen LogP contribution < -0.4 is 0 Å². The maximum Gasteiger partial charge on any atom is 0.130 e. The Balaban J connectivity index is 2.30.